The second-order valence-electron chi connectivity index (χ2n) is 9.65. The smallest absolute Gasteiger partial charge is 0.306 e. The maximum absolute atomic E-state index is 12.5. The highest BCUT2D eigenvalue weighted by Crippen LogP contribution is 2.22. The van der Waals surface area contributed by atoms with Gasteiger partial charge in [0.15, 0.2) is 0 Å². The summed E-state index contributed by atoms with van der Waals surface area (Å²) in [4.78, 5) is 26.1. The highest BCUT2D eigenvalue weighted by Gasteiger charge is 2.17. The predicted octanol–water partition coefficient (Wildman–Crippen LogP) is 5.66. The van der Waals surface area contributed by atoms with Crippen LogP contribution in [-0.4, -0.2) is 49.1 Å². The first-order valence-corrected chi connectivity index (χ1v) is 12.9. The average Bonchev–Trinajstić information content (AvgIpc) is 2.89. The molecule has 1 amide bonds. The first-order chi connectivity index (χ1) is 17.9. The number of nitrogens with one attached hydrogen (secondary N) is 1. The zero-order chi connectivity index (χ0) is 26.6. The fourth-order valence-corrected chi connectivity index (χ4v) is 4.23. The van der Waals surface area contributed by atoms with Crippen molar-refractivity contribution in [2.75, 3.05) is 27.2 Å². The summed E-state index contributed by atoms with van der Waals surface area (Å²) >= 11 is 0. The molecule has 1 atom stereocenters. The van der Waals surface area contributed by atoms with Crippen LogP contribution in [0.25, 0.3) is 11.1 Å². The molecule has 3 aromatic rings. The Labute approximate surface area is 220 Å². The number of hydrogen-bond acceptors (Lipinski definition) is 4. The quantitative estimate of drug-likeness (QED) is 0.278. The van der Waals surface area contributed by atoms with Crippen molar-refractivity contribution in [2.45, 2.75) is 39.2 Å². The van der Waals surface area contributed by atoms with Gasteiger partial charge >= 0.3 is 5.97 Å². The van der Waals surface area contributed by atoms with Crippen LogP contribution in [0.15, 0.2) is 72.8 Å². The van der Waals surface area contributed by atoms with Crippen molar-refractivity contribution in [3.8, 4) is 16.9 Å². The van der Waals surface area contributed by atoms with Crippen molar-refractivity contribution in [2.24, 2.45) is 5.92 Å². The average molecular weight is 503 g/mol. The molecule has 37 heavy (non-hydrogen) atoms. The summed E-state index contributed by atoms with van der Waals surface area (Å²) in [6.45, 7) is 3.67. The van der Waals surface area contributed by atoms with Gasteiger partial charge in [-0.3, -0.25) is 9.59 Å². The van der Waals surface area contributed by atoms with E-state index >= 15 is 0 Å². The SMILES string of the molecule is CCCCC(Cc1ccc(OCCNC(=O)c2ccc(-c3cccc(CN(C)C)c3)cc2)cc1)C(=O)O. The minimum absolute atomic E-state index is 0.140. The summed E-state index contributed by atoms with van der Waals surface area (Å²) in [6, 6.07) is 23.6. The number of carbonyl (C=O) groups is 2. The van der Waals surface area contributed by atoms with Crippen LogP contribution >= 0.6 is 0 Å². The highest BCUT2D eigenvalue weighted by molar-refractivity contribution is 5.94. The second-order valence-corrected chi connectivity index (χ2v) is 9.65. The number of carboxylic acid groups (broad SMARTS) is 1. The molecule has 0 aliphatic heterocycles. The Balaban J connectivity index is 1.44. The Kier molecular flexibility index (Phi) is 10.7. The van der Waals surface area contributed by atoms with Crippen molar-refractivity contribution < 1.29 is 19.4 Å². The topological polar surface area (TPSA) is 78.9 Å². The lowest BCUT2D eigenvalue weighted by atomic mass is 9.94. The highest BCUT2D eigenvalue weighted by atomic mass is 16.5. The van der Waals surface area contributed by atoms with Crippen LogP contribution in [0.4, 0.5) is 0 Å². The number of carbonyl (C=O) groups excluding carboxylic acids is 1. The number of benzene rings is 3. The molecule has 0 spiro atoms. The number of rotatable bonds is 14. The zero-order valence-electron chi connectivity index (χ0n) is 22.1. The molecule has 3 aromatic carbocycles. The summed E-state index contributed by atoms with van der Waals surface area (Å²) in [5, 5.41) is 12.3. The van der Waals surface area contributed by atoms with Gasteiger partial charge in [-0.2, -0.15) is 0 Å². The molecule has 0 aliphatic rings. The number of amides is 1. The van der Waals surface area contributed by atoms with Gasteiger partial charge < -0.3 is 20.1 Å². The third-order valence-electron chi connectivity index (χ3n) is 6.22. The summed E-state index contributed by atoms with van der Waals surface area (Å²) in [7, 11) is 4.10. The van der Waals surface area contributed by atoms with Gasteiger partial charge in [-0.25, -0.2) is 0 Å². The van der Waals surface area contributed by atoms with Crippen LogP contribution in [-0.2, 0) is 17.8 Å². The third kappa shape index (κ3) is 9.07. The zero-order valence-corrected chi connectivity index (χ0v) is 22.1. The predicted molar refractivity (Wildman–Crippen MR) is 148 cm³/mol. The molecule has 0 aliphatic carbocycles. The van der Waals surface area contributed by atoms with E-state index in [0.29, 0.717) is 37.3 Å². The maximum Gasteiger partial charge on any atom is 0.306 e. The van der Waals surface area contributed by atoms with Crippen LogP contribution in [0.2, 0.25) is 0 Å². The van der Waals surface area contributed by atoms with Crippen LogP contribution in [0.1, 0.15) is 47.7 Å². The second kappa shape index (κ2) is 14.2. The Morgan fingerprint density at radius 1 is 0.946 bits per heavy atom. The summed E-state index contributed by atoms with van der Waals surface area (Å²) < 4.78 is 5.75. The lowest BCUT2D eigenvalue weighted by Crippen LogP contribution is -2.28. The number of aliphatic carboxylic acids is 1. The number of nitrogens with zero attached hydrogens (tertiary/aromatic N) is 1. The van der Waals surface area contributed by atoms with E-state index in [4.69, 9.17) is 4.74 Å². The van der Waals surface area contributed by atoms with E-state index in [2.05, 4.69) is 55.5 Å². The molecule has 3 rings (SSSR count). The fraction of sp³-hybridized carbons (Fsp3) is 0.355. The van der Waals surface area contributed by atoms with Gasteiger partial charge in [0.1, 0.15) is 12.4 Å². The van der Waals surface area contributed by atoms with Crippen LogP contribution < -0.4 is 10.1 Å². The van der Waals surface area contributed by atoms with Gasteiger partial charge in [0.05, 0.1) is 12.5 Å². The summed E-state index contributed by atoms with van der Waals surface area (Å²) in [5.41, 5.74) is 5.04. The molecule has 0 heterocycles. The summed E-state index contributed by atoms with van der Waals surface area (Å²) in [5.74, 6) is -0.546. The van der Waals surface area contributed by atoms with Gasteiger partial charge in [-0.1, -0.05) is 62.2 Å². The van der Waals surface area contributed by atoms with E-state index in [0.717, 1.165) is 36.1 Å². The molecular formula is C31H38N2O4. The lowest BCUT2D eigenvalue weighted by Gasteiger charge is -2.13. The third-order valence-corrected chi connectivity index (χ3v) is 6.22. The number of ether oxygens (including phenoxy) is 1. The van der Waals surface area contributed by atoms with E-state index in [1.165, 1.54) is 5.56 Å². The monoisotopic (exact) mass is 502 g/mol. The lowest BCUT2D eigenvalue weighted by molar-refractivity contribution is -0.142. The fourth-order valence-electron chi connectivity index (χ4n) is 4.23. The number of unbranched alkanes of at least 4 members (excludes halogenated alkanes) is 1. The molecule has 6 heteroatoms. The first-order valence-electron chi connectivity index (χ1n) is 12.9. The van der Waals surface area contributed by atoms with E-state index in [-0.39, 0.29) is 11.8 Å². The Morgan fingerprint density at radius 2 is 1.68 bits per heavy atom. The van der Waals surface area contributed by atoms with Crippen molar-refractivity contribution in [1.29, 1.82) is 0 Å². The van der Waals surface area contributed by atoms with Crippen molar-refractivity contribution >= 4 is 11.9 Å². The largest absolute Gasteiger partial charge is 0.492 e. The number of carboxylic acids is 1. The standard InChI is InChI=1S/C31H38N2O4/c1-4-5-8-28(31(35)36)20-23-10-16-29(17-11-23)37-19-18-32-30(34)26-14-12-25(13-15-26)27-9-6-7-24(21-27)22-33(2)3/h6-7,9-17,21,28H,4-5,8,18-20,22H2,1-3H3,(H,32,34)(H,35,36). The maximum atomic E-state index is 12.5. The van der Waals surface area contributed by atoms with Crippen molar-refractivity contribution in [1.82, 2.24) is 10.2 Å². The minimum atomic E-state index is -0.742. The molecule has 0 aromatic heterocycles. The van der Waals surface area contributed by atoms with Crippen LogP contribution in [0.5, 0.6) is 5.75 Å². The van der Waals surface area contributed by atoms with Gasteiger partial charge in [-0.15, -0.1) is 0 Å². The first kappa shape index (κ1) is 27.9. The molecule has 0 fully saturated rings. The van der Waals surface area contributed by atoms with Crippen molar-refractivity contribution in [3.63, 3.8) is 0 Å². The molecule has 0 saturated heterocycles. The van der Waals surface area contributed by atoms with E-state index in [1.807, 2.05) is 48.5 Å². The molecule has 0 bridgehead atoms. The Bertz CT molecular complexity index is 1140. The molecule has 0 radical (unpaired) electrons. The van der Waals surface area contributed by atoms with Crippen LogP contribution in [0.3, 0.4) is 0 Å². The number of hydrogen-bond donors (Lipinski definition) is 2. The van der Waals surface area contributed by atoms with Crippen LogP contribution in [0, 0.1) is 5.92 Å². The molecule has 2 N–H and O–H groups in total. The summed E-state index contributed by atoms with van der Waals surface area (Å²) in [6.07, 6.45) is 3.12. The molecule has 6 nitrogen and oxygen atoms in total. The molecule has 1 unspecified atom stereocenters. The van der Waals surface area contributed by atoms with E-state index < -0.39 is 5.97 Å². The van der Waals surface area contributed by atoms with Gasteiger partial charge in [0.25, 0.3) is 5.91 Å². The Morgan fingerprint density at radius 3 is 2.32 bits per heavy atom. The van der Waals surface area contributed by atoms with E-state index in [9.17, 15) is 14.7 Å². The van der Waals surface area contributed by atoms with Gasteiger partial charge in [-0.05, 0) is 79.5 Å². The molecule has 196 valence electrons. The molecular weight excluding hydrogens is 464 g/mol. The Hall–Kier alpha value is -3.64. The van der Waals surface area contributed by atoms with E-state index in [1.54, 1.807) is 0 Å². The normalized spacial score (nSPS) is 11.8. The minimum Gasteiger partial charge on any atom is -0.492 e. The van der Waals surface area contributed by atoms with Gasteiger partial charge in [0, 0.05) is 12.1 Å². The van der Waals surface area contributed by atoms with Gasteiger partial charge in [0.2, 0.25) is 0 Å². The van der Waals surface area contributed by atoms with Crippen molar-refractivity contribution in [3.05, 3.63) is 89.5 Å². The molecule has 0 saturated carbocycles.